The van der Waals surface area contributed by atoms with E-state index in [1.54, 1.807) is 40.6 Å². The molecule has 0 bridgehead atoms. The molecule has 0 N–H and O–H groups in total. The molecule has 5 rings (SSSR count). The lowest BCUT2D eigenvalue weighted by Crippen LogP contribution is -2.50. The van der Waals surface area contributed by atoms with Crippen LogP contribution < -0.4 is 0 Å². The van der Waals surface area contributed by atoms with E-state index in [4.69, 9.17) is 4.52 Å². The number of benzene rings is 2. The van der Waals surface area contributed by atoms with Gasteiger partial charge >= 0.3 is 0 Å². The maximum Gasteiger partial charge on any atom is 0.253 e. The molecule has 1 amide bonds. The fourth-order valence-electron chi connectivity index (χ4n) is 3.72. The molecule has 0 atom stereocenters. The van der Waals surface area contributed by atoms with Crippen LogP contribution in [0.25, 0.3) is 22.2 Å². The zero-order valence-corrected chi connectivity index (χ0v) is 18.1. The van der Waals surface area contributed by atoms with Crippen molar-refractivity contribution in [3.63, 3.8) is 0 Å². The molecule has 1 aliphatic rings. The summed E-state index contributed by atoms with van der Waals surface area (Å²) >= 11 is 1.20. The van der Waals surface area contributed by atoms with E-state index in [2.05, 4.69) is 5.16 Å². The summed E-state index contributed by atoms with van der Waals surface area (Å²) in [6.45, 7) is 1.24. The molecule has 9 heteroatoms. The number of thiophene rings is 1. The highest BCUT2D eigenvalue weighted by Crippen LogP contribution is 2.30. The first-order valence-electron chi connectivity index (χ1n) is 9.82. The van der Waals surface area contributed by atoms with E-state index in [0.29, 0.717) is 34.1 Å². The molecule has 0 spiro atoms. The topological polar surface area (TPSA) is 83.7 Å². The SMILES string of the molecule is O=C(c1ccc2noc(-c3ccccc3)c2c1)N1CCN(S(=O)(=O)c2cccs2)CC1. The maximum atomic E-state index is 13.1. The molecule has 0 unspecified atom stereocenters. The molecule has 1 fully saturated rings. The van der Waals surface area contributed by atoms with Crippen LogP contribution >= 0.6 is 11.3 Å². The number of piperazine rings is 1. The molecule has 4 aromatic rings. The minimum atomic E-state index is -3.50. The minimum absolute atomic E-state index is 0.129. The number of nitrogens with zero attached hydrogens (tertiary/aromatic N) is 3. The average Bonchev–Trinajstić information content (AvgIpc) is 3.49. The van der Waals surface area contributed by atoms with Gasteiger partial charge in [0.15, 0.2) is 5.76 Å². The van der Waals surface area contributed by atoms with E-state index < -0.39 is 10.0 Å². The van der Waals surface area contributed by atoms with E-state index in [9.17, 15) is 13.2 Å². The van der Waals surface area contributed by atoms with Gasteiger partial charge in [-0.15, -0.1) is 11.3 Å². The van der Waals surface area contributed by atoms with Crippen LogP contribution in [-0.2, 0) is 10.0 Å². The van der Waals surface area contributed by atoms with Gasteiger partial charge in [0.2, 0.25) is 0 Å². The second-order valence-electron chi connectivity index (χ2n) is 7.24. The summed E-state index contributed by atoms with van der Waals surface area (Å²) < 4.78 is 32.7. The van der Waals surface area contributed by atoms with Gasteiger partial charge in [0.05, 0.1) is 5.39 Å². The lowest BCUT2D eigenvalue weighted by atomic mass is 10.1. The van der Waals surface area contributed by atoms with Crippen LogP contribution in [0.15, 0.2) is 74.8 Å². The van der Waals surface area contributed by atoms with Crippen molar-refractivity contribution < 1.29 is 17.7 Å². The van der Waals surface area contributed by atoms with Gasteiger partial charge in [0.1, 0.15) is 9.73 Å². The van der Waals surface area contributed by atoms with Crippen LogP contribution in [0.3, 0.4) is 0 Å². The third-order valence-electron chi connectivity index (χ3n) is 5.37. The fraction of sp³-hybridized carbons (Fsp3) is 0.182. The zero-order chi connectivity index (χ0) is 21.4. The summed E-state index contributed by atoms with van der Waals surface area (Å²) in [5.74, 6) is 0.493. The number of hydrogen-bond donors (Lipinski definition) is 0. The highest BCUT2D eigenvalue weighted by Gasteiger charge is 2.31. The van der Waals surface area contributed by atoms with Gasteiger partial charge < -0.3 is 9.42 Å². The Hall–Kier alpha value is -3.01. The summed E-state index contributed by atoms with van der Waals surface area (Å²) in [7, 11) is -3.50. The number of amides is 1. The number of sulfonamides is 1. The molecule has 158 valence electrons. The van der Waals surface area contributed by atoms with Crippen LogP contribution in [0, 0.1) is 0 Å². The van der Waals surface area contributed by atoms with Gasteiger partial charge in [0.25, 0.3) is 15.9 Å². The molecule has 2 aromatic heterocycles. The minimum Gasteiger partial charge on any atom is -0.355 e. The number of fused-ring (bicyclic) bond motifs is 1. The molecule has 3 heterocycles. The summed E-state index contributed by atoms with van der Waals surface area (Å²) in [4.78, 5) is 14.8. The molecular formula is C22H19N3O4S2. The number of carbonyl (C=O) groups excluding carboxylic acids is 1. The van der Waals surface area contributed by atoms with Crippen LogP contribution in [0.4, 0.5) is 0 Å². The van der Waals surface area contributed by atoms with Gasteiger partial charge in [-0.25, -0.2) is 8.42 Å². The van der Waals surface area contributed by atoms with Crippen molar-refractivity contribution in [2.75, 3.05) is 26.2 Å². The second-order valence-corrected chi connectivity index (χ2v) is 10.4. The van der Waals surface area contributed by atoms with Crippen LogP contribution in [0.1, 0.15) is 10.4 Å². The van der Waals surface area contributed by atoms with Gasteiger partial charge in [0, 0.05) is 37.3 Å². The quantitative estimate of drug-likeness (QED) is 0.470. The maximum absolute atomic E-state index is 13.1. The third kappa shape index (κ3) is 3.65. The van der Waals surface area contributed by atoms with Crippen LogP contribution in [0.2, 0.25) is 0 Å². The van der Waals surface area contributed by atoms with Crippen molar-refractivity contribution in [2.45, 2.75) is 4.21 Å². The molecule has 0 radical (unpaired) electrons. The highest BCUT2D eigenvalue weighted by molar-refractivity contribution is 7.91. The first kappa shape index (κ1) is 19.9. The van der Waals surface area contributed by atoms with E-state index in [1.807, 2.05) is 30.3 Å². The number of carbonyl (C=O) groups is 1. The summed E-state index contributed by atoms with van der Waals surface area (Å²) in [5, 5.41) is 6.62. The number of hydrogen-bond acceptors (Lipinski definition) is 6. The van der Waals surface area contributed by atoms with Crippen molar-refractivity contribution in [1.29, 1.82) is 0 Å². The lowest BCUT2D eigenvalue weighted by Gasteiger charge is -2.33. The second kappa shape index (κ2) is 7.92. The van der Waals surface area contributed by atoms with Gasteiger partial charge in [-0.2, -0.15) is 4.31 Å². The number of rotatable bonds is 4. The fourth-order valence-corrected chi connectivity index (χ4v) is 6.29. The van der Waals surface area contributed by atoms with E-state index in [1.165, 1.54) is 15.6 Å². The molecule has 2 aromatic carbocycles. The molecular weight excluding hydrogens is 434 g/mol. The van der Waals surface area contributed by atoms with Gasteiger partial charge in [-0.05, 0) is 29.6 Å². The van der Waals surface area contributed by atoms with E-state index in [0.717, 1.165) is 10.9 Å². The largest absolute Gasteiger partial charge is 0.355 e. The highest BCUT2D eigenvalue weighted by atomic mass is 32.2. The molecule has 0 saturated carbocycles. The van der Waals surface area contributed by atoms with Crippen molar-refractivity contribution >= 4 is 38.2 Å². The third-order valence-corrected chi connectivity index (χ3v) is 8.65. The molecule has 1 aliphatic heterocycles. The Bertz CT molecular complexity index is 1320. The average molecular weight is 454 g/mol. The Morgan fingerprint density at radius 1 is 0.968 bits per heavy atom. The first-order valence-corrected chi connectivity index (χ1v) is 12.1. The molecule has 7 nitrogen and oxygen atoms in total. The van der Waals surface area contributed by atoms with E-state index >= 15 is 0 Å². The molecule has 1 saturated heterocycles. The van der Waals surface area contributed by atoms with Crippen molar-refractivity contribution in [3.05, 3.63) is 71.6 Å². The monoisotopic (exact) mass is 453 g/mol. The lowest BCUT2D eigenvalue weighted by molar-refractivity contribution is 0.0698. The van der Waals surface area contributed by atoms with Crippen LogP contribution in [0.5, 0.6) is 0 Å². The normalized spacial score (nSPS) is 15.4. The predicted octanol–water partition coefficient (Wildman–Crippen LogP) is 3.70. The Morgan fingerprint density at radius 2 is 1.74 bits per heavy atom. The summed E-state index contributed by atoms with van der Waals surface area (Å²) in [6, 6.07) is 18.3. The summed E-state index contributed by atoms with van der Waals surface area (Å²) in [5.41, 5.74) is 2.10. The van der Waals surface area contributed by atoms with Gasteiger partial charge in [-0.1, -0.05) is 41.6 Å². The van der Waals surface area contributed by atoms with Gasteiger partial charge in [-0.3, -0.25) is 4.79 Å². The first-order chi connectivity index (χ1) is 15.0. The number of aromatic nitrogens is 1. The van der Waals surface area contributed by atoms with Crippen molar-refractivity contribution in [2.24, 2.45) is 0 Å². The Morgan fingerprint density at radius 3 is 2.45 bits per heavy atom. The molecule has 31 heavy (non-hydrogen) atoms. The van der Waals surface area contributed by atoms with Crippen molar-refractivity contribution in [3.8, 4) is 11.3 Å². The Labute approximate surface area is 183 Å². The summed E-state index contributed by atoms with van der Waals surface area (Å²) in [6.07, 6.45) is 0. The predicted molar refractivity (Wildman–Crippen MR) is 118 cm³/mol. The van der Waals surface area contributed by atoms with Crippen molar-refractivity contribution in [1.82, 2.24) is 14.4 Å². The Balaban J connectivity index is 1.35. The smallest absolute Gasteiger partial charge is 0.253 e. The zero-order valence-electron chi connectivity index (χ0n) is 16.5. The Kier molecular flexibility index (Phi) is 5.09. The van der Waals surface area contributed by atoms with Crippen LogP contribution in [-0.4, -0.2) is 54.9 Å². The van der Waals surface area contributed by atoms with E-state index in [-0.39, 0.29) is 19.0 Å². The molecule has 0 aliphatic carbocycles. The standard InChI is InChI=1S/C22H19N3O4S2/c26-22(24-10-12-25(13-11-24)31(27,28)20-7-4-14-30-20)17-8-9-19-18(15-17)21(29-23-19)16-5-2-1-3-6-16/h1-9,14-15H,10-13H2.